The van der Waals surface area contributed by atoms with E-state index in [1.54, 1.807) is 0 Å². The highest BCUT2D eigenvalue weighted by molar-refractivity contribution is 9.10. The molecular formula is C11H15BrN2O. The molecule has 1 fully saturated rings. The number of pyridine rings is 1. The number of aryl methyl sites for hydroxylation is 1. The lowest BCUT2D eigenvalue weighted by molar-refractivity contribution is 0.238. The van der Waals surface area contributed by atoms with E-state index in [1.165, 1.54) is 5.56 Å². The Balaban J connectivity index is 2.17. The molecule has 3 nitrogen and oxygen atoms in total. The summed E-state index contributed by atoms with van der Waals surface area (Å²) in [5, 5.41) is 9.09. The van der Waals surface area contributed by atoms with E-state index in [1.807, 2.05) is 6.20 Å². The number of aromatic nitrogens is 1. The molecule has 0 aliphatic carbocycles. The first-order valence-electron chi connectivity index (χ1n) is 5.18. The third-order valence-electron chi connectivity index (χ3n) is 2.86. The number of aliphatic hydroxyl groups excluding tert-OH is 1. The monoisotopic (exact) mass is 270 g/mol. The standard InChI is InChI=1S/C11H15BrN2O/c1-8-4-10(12)5-13-11(8)14-3-2-9(6-14)7-15/h4-5,9,15H,2-3,6-7H2,1H3. The minimum atomic E-state index is 0.284. The first kappa shape index (κ1) is 10.9. The molecule has 0 saturated carbocycles. The van der Waals surface area contributed by atoms with Crippen LogP contribution in [0.5, 0.6) is 0 Å². The largest absolute Gasteiger partial charge is 0.396 e. The van der Waals surface area contributed by atoms with Crippen LogP contribution in [-0.4, -0.2) is 29.8 Å². The van der Waals surface area contributed by atoms with Crippen molar-refractivity contribution < 1.29 is 5.11 Å². The highest BCUT2D eigenvalue weighted by Crippen LogP contribution is 2.26. The highest BCUT2D eigenvalue weighted by Gasteiger charge is 2.23. The zero-order chi connectivity index (χ0) is 10.8. The van der Waals surface area contributed by atoms with E-state index in [0.717, 1.165) is 29.8 Å². The van der Waals surface area contributed by atoms with E-state index in [9.17, 15) is 0 Å². The first-order valence-corrected chi connectivity index (χ1v) is 5.98. The van der Waals surface area contributed by atoms with E-state index in [2.05, 4.69) is 38.8 Å². The van der Waals surface area contributed by atoms with Crippen molar-refractivity contribution >= 4 is 21.7 Å². The van der Waals surface area contributed by atoms with Gasteiger partial charge in [0.2, 0.25) is 0 Å². The van der Waals surface area contributed by atoms with Crippen LogP contribution in [0.2, 0.25) is 0 Å². The quantitative estimate of drug-likeness (QED) is 0.893. The summed E-state index contributed by atoms with van der Waals surface area (Å²) in [6, 6.07) is 2.08. The molecule has 0 bridgehead atoms. The number of nitrogens with zero attached hydrogens (tertiary/aromatic N) is 2. The van der Waals surface area contributed by atoms with Crippen molar-refractivity contribution in [2.24, 2.45) is 5.92 Å². The Morgan fingerprint density at radius 2 is 2.47 bits per heavy atom. The smallest absolute Gasteiger partial charge is 0.131 e. The molecule has 1 unspecified atom stereocenters. The Labute approximate surface area is 98.3 Å². The van der Waals surface area contributed by atoms with E-state index in [0.29, 0.717) is 5.92 Å². The molecule has 0 radical (unpaired) electrons. The van der Waals surface area contributed by atoms with Crippen LogP contribution in [0.25, 0.3) is 0 Å². The summed E-state index contributed by atoms with van der Waals surface area (Å²) in [6.45, 7) is 4.28. The van der Waals surface area contributed by atoms with Crippen LogP contribution in [-0.2, 0) is 0 Å². The van der Waals surface area contributed by atoms with E-state index < -0.39 is 0 Å². The van der Waals surface area contributed by atoms with Gasteiger partial charge < -0.3 is 10.0 Å². The van der Waals surface area contributed by atoms with Gasteiger partial charge in [-0.25, -0.2) is 4.98 Å². The van der Waals surface area contributed by atoms with Gasteiger partial charge in [-0.15, -0.1) is 0 Å². The average Bonchev–Trinajstić information content (AvgIpc) is 2.66. The SMILES string of the molecule is Cc1cc(Br)cnc1N1CCC(CO)C1. The molecule has 0 spiro atoms. The molecule has 0 amide bonds. The third kappa shape index (κ3) is 2.32. The maximum absolute atomic E-state index is 9.09. The second kappa shape index (κ2) is 4.49. The van der Waals surface area contributed by atoms with Gasteiger partial charge in [0.05, 0.1) is 0 Å². The maximum atomic E-state index is 9.09. The fourth-order valence-corrected chi connectivity index (χ4v) is 2.48. The molecule has 1 aliphatic rings. The zero-order valence-electron chi connectivity index (χ0n) is 8.78. The molecule has 1 saturated heterocycles. The molecule has 4 heteroatoms. The Morgan fingerprint density at radius 3 is 3.07 bits per heavy atom. The van der Waals surface area contributed by atoms with Crippen LogP contribution in [0, 0.1) is 12.8 Å². The van der Waals surface area contributed by atoms with Gasteiger partial charge in [0, 0.05) is 36.3 Å². The normalized spacial score (nSPS) is 21.0. The third-order valence-corrected chi connectivity index (χ3v) is 3.29. The molecule has 0 aromatic carbocycles. The summed E-state index contributed by atoms with van der Waals surface area (Å²) in [6.07, 6.45) is 2.89. The minimum Gasteiger partial charge on any atom is -0.396 e. The van der Waals surface area contributed by atoms with Crippen LogP contribution in [0.4, 0.5) is 5.82 Å². The highest BCUT2D eigenvalue weighted by atomic mass is 79.9. The molecule has 1 atom stereocenters. The molecule has 82 valence electrons. The second-order valence-electron chi connectivity index (χ2n) is 4.08. The van der Waals surface area contributed by atoms with Gasteiger partial charge in [0.1, 0.15) is 5.82 Å². The summed E-state index contributed by atoms with van der Waals surface area (Å²) < 4.78 is 1.02. The summed E-state index contributed by atoms with van der Waals surface area (Å²) >= 11 is 3.41. The van der Waals surface area contributed by atoms with Gasteiger partial charge >= 0.3 is 0 Å². The number of hydrogen-bond donors (Lipinski definition) is 1. The predicted molar refractivity (Wildman–Crippen MR) is 64.1 cm³/mol. The van der Waals surface area contributed by atoms with Gasteiger partial charge in [-0.2, -0.15) is 0 Å². The summed E-state index contributed by atoms with van der Waals surface area (Å²) in [5.74, 6) is 1.46. The molecule has 1 aromatic heterocycles. The fourth-order valence-electron chi connectivity index (χ4n) is 2.04. The number of halogens is 1. The zero-order valence-corrected chi connectivity index (χ0v) is 10.4. The van der Waals surface area contributed by atoms with Crippen LogP contribution in [0.3, 0.4) is 0 Å². The van der Waals surface area contributed by atoms with Crippen LogP contribution >= 0.6 is 15.9 Å². The fraction of sp³-hybridized carbons (Fsp3) is 0.545. The average molecular weight is 271 g/mol. The van der Waals surface area contributed by atoms with E-state index in [4.69, 9.17) is 5.11 Å². The summed E-state index contributed by atoms with van der Waals surface area (Å²) in [5.41, 5.74) is 1.18. The van der Waals surface area contributed by atoms with E-state index >= 15 is 0 Å². The van der Waals surface area contributed by atoms with Gasteiger partial charge in [0.15, 0.2) is 0 Å². The lowest BCUT2D eigenvalue weighted by Crippen LogP contribution is -2.22. The van der Waals surface area contributed by atoms with Gasteiger partial charge in [-0.3, -0.25) is 0 Å². The lowest BCUT2D eigenvalue weighted by atomic mass is 10.1. The molecule has 15 heavy (non-hydrogen) atoms. The van der Waals surface area contributed by atoms with Crippen LogP contribution in [0.15, 0.2) is 16.7 Å². The predicted octanol–water partition coefficient (Wildman–Crippen LogP) is 1.97. The minimum absolute atomic E-state index is 0.284. The van der Waals surface area contributed by atoms with Crippen molar-refractivity contribution in [3.8, 4) is 0 Å². The Morgan fingerprint density at radius 1 is 1.67 bits per heavy atom. The molecular weight excluding hydrogens is 256 g/mol. The van der Waals surface area contributed by atoms with Gasteiger partial charge in [-0.05, 0) is 40.9 Å². The lowest BCUT2D eigenvalue weighted by Gasteiger charge is -2.19. The Kier molecular flexibility index (Phi) is 3.26. The maximum Gasteiger partial charge on any atom is 0.131 e. The molecule has 2 heterocycles. The topological polar surface area (TPSA) is 36.4 Å². The van der Waals surface area contributed by atoms with Crippen molar-refractivity contribution in [1.82, 2.24) is 4.98 Å². The number of hydrogen-bond acceptors (Lipinski definition) is 3. The van der Waals surface area contributed by atoms with Gasteiger partial charge in [-0.1, -0.05) is 0 Å². The van der Waals surface area contributed by atoms with Crippen molar-refractivity contribution in [3.05, 3.63) is 22.3 Å². The summed E-state index contributed by atoms with van der Waals surface area (Å²) in [7, 11) is 0. The van der Waals surface area contributed by atoms with Crippen LogP contribution in [0.1, 0.15) is 12.0 Å². The van der Waals surface area contributed by atoms with Crippen molar-refractivity contribution in [3.63, 3.8) is 0 Å². The second-order valence-corrected chi connectivity index (χ2v) is 4.99. The van der Waals surface area contributed by atoms with Crippen molar-refractivity contribution in [1.29, 1.82) is 0 Å². The van der Waals surface area contributed by atoms with E-state index in [-0.39, 0.29) is 6.61 Å². The van der Waals surface area contributed by atoms with Gasteiger partial charge in [0.25, 0.3) is 0 Å². The number of rotatable bonds is 2. The first-order chi connectivity index (χ1) is 7.20. The van der Waals surface area contributed by atoms with Crippen molar-refractivity contribution in [2.45, 2.75) is 13.3 Å². The molecule has 1 aliphatic heterocycles. The number of anilines is 1. The Hall–Kier alpha value is -0.610. The Bertz CT molecular complexity index is 356. The summed E-state index contributed by atoms with van der Waals surface area (Å²) in [4.78, 5) is 6.68. The van der Waals surface area contributed by atoms with Crippen molar-refractivity contribution in [2.75, 3.05) is 24.6 Å². The molecule has 1 aromatic rings. The number of aliphatic hydroxyl groups is 1. The molecule has 2 rings (SSSR count). The molecule has 1 N–H and O–H groups in total. The van der Waals surface area contributed by atoms with Crippen LogP contribution < -0.4 is 4.90 Å².